The summed E-state index contributed by atoms with van der Waals surface area (Å²) in [5.74, 6) is 2.46. The van der Waals surface area contributed by atoms with Crippen LogP contribution >= 0.6 is 0 Å². The Balaban J connectivity index is 4.14. The zero-order valence-electron chi connectivity index (χ0n) is 26.7. The van der Waals surface area contributed by atoms with Crippen LogP contribution in [-0.4, -0.2) is 151 Å². The first-order chi connectivity index (χ1) is 21.8. The third kappa shape index (κ3) is 33.4. The van der Waals surface area contributed by atoms with E-state index in [1.54, 1.807) is 0 Å². The van der Waals surface area contributed by atoms with E-state index in [-0.39, 0.29) is 12.4 Å². The number of carbonyl (C=O) groups is 1. The van der Waals surface area contributed by atoms with E-state index in [1.165, 1.54) is 0 Å². The standard InChI is InChI=1S/C31H58N2O11/c1-2-10-35-16-22-41-28-29-44-25-19-38-13-7-31(34)30(5-3-11-36-17-23-42-26-20-39-14-8-32)6-4-12-37-18-24-43-27-21-40-15-9-33/h1,5H,3-4,6-29,32-33H2/b30-5-. The summed E-state index contributed by atoms with van der Waals surface area (Å²) in [6.45, 7) is 10.4. The highest BCUT2D eigenvalue weighted by atomic mass is 16.6. The lowest BCUT2D eigenvalue weighted by atomic mass is 10.0. The molecular formula is C31H58N2O11. The molecule has 0 bridgehead atoms. The van der Waals surface area contributed by atoms with Crippen LogP contribution in [0.3, 0.4) is 0 Å². The normalized spacial score (nSPS) is 11.7. The fraction of sp³-hybridized carbons (Fsp3) is 0.839. The second-order valence-electron chi connectivity index (χ2n) is 9.14. The van der Waals surface area contributed by atoms with Gasteiger partial charge in [-0.15, -0.1) is 6.42 Å². The zero-order chi connectivity index (χ0) is 32.0. The van der Waals surface area contributed by atoms with Crippen molar-refractivity contribution < 1.29 is 52.2 Å². The van der Waals surface area contributed by atoms with Gasteiger partial charge in [0, 0.05) is 26.1 Å². The summed E-state index contributed by atoms with van der Waals surface area (Å²) in [6, 6.07) is 0. The van der Waals surface area contributed by atoms with Crippen LogP contribution in [-0.2, 0) is 52.2 Å². The van der Waals surface area contributed by atoms with Gasteiger partial charge in [-0.25, -0.2) is 0 Å². The third-order valence-electron chi connectivity index (χ3n) is 5.53. The van der Waals surface area contributed by atoms with Gasteiger partial charge in [-0.2, -0.15) is 0 Å². The number of ether oxygens (including phenoxy) is 10. The molecule has 13 nitrogen and oxygen atoms in total. The molecule has 0 amide bonds. The molecule has 258 valence electrons. The second kappa shape index (κ2) is 37.7. The molecule has 0 spiro atoms. The molecule has 0 rings (SSSR count). The zero-order valence-corrected chi connectivity index (χ0v) is 26.7. The molecule has 0 unspecified atom stereocenters. The molecule has 0 fully saturated rings. The van der Waals surface area contributed by atoms with E-state index in [2.05, 4.69) is 5.92 Å². The maximum Gasteiger partial charge on any atom is 0.160 e. The molecule has 44 heavy (non-hydrogen) atoms. The van der Waals surface area contributed by atoms with Gasteiger partial charge in [0.05, 0.1) is 119 Å². The summed E-state index contributed by atoms with van der Waals surface area (Å²) in [5, 5.41) is 0. The van der Waals surface area contributed by atoms with Gasteiger partial charge in [0.2, 0.25) is 0 Å². The number of allylic oxidation sites excluding steroid dienone is 1. The summed E-state index contributed by atoms with van der Waals surface area (Å²) < 4.78 is 54.2. The highest BCUT2D eigenvalue weighted by molar-refractivity contribution is 5.95. The lowest BCUT2D eigenvalue weighted by Crippen LogP contribution is -2.14. The summed E-state index contributed by atoms with van der Waals surface area (Å²) in [4.78, 5) is 12.9. The van der Waals surface area contributed by atoms with Gasteiger partial charge < -0.3 is 58.8 Å². The van der Waals surface area contributed by atoms with Gasteiger partial charge in [0.15, 0.2) is 5.78 Å². The molecule has 0 aliphatic carbocycles. The molecule has 0 aromatic heterocycles. The van der Waals surface area contributed by atoms with E-state index in [0.717, 1.165) is 12.0 Å². The van der Waals surface area contributed by atoms with Crippen molar-refractivity contribution in [3.05, 3.63) is 11.6 Å². The Morgan fingerprint density at radius 3 is 1.34 bits per heavy atom. The summed E-state index contributed by atoms with van der Waals surface area (Å²) in [7, 11) is 0. The van der Waals surface area contributed by atoms with Gasteiger partial charge in [-0.05, 0) is 24.8 Å². The minimum absolute atomic E-state index is 0.0630. The number of hydrogen-bond acceptors (Lipinski definition) is 13. The molecule has 0 aliphatic heterocycles. The van der Waals surface area contributed by atoms with Crippen molar-refractivity contribution in [3.63, 3.8) is 0 Å². The van der Waals surface area contributed by atoms with E-state index >= 15 is 0 Å². The number of carbonyl (C=O) groups excluding carboxylic acids is 1. The van der Waals surface area contributed by atoms with Crippen molar-refractivity contribution in [1.29, 1.82) is 0 Å². The van der Waals surface area contributed by atoms with Crippen LogP contribution in [0.25, 0.3) is 0 Å². The van der Waals surface area contributed by atoms with Gasteiger partial charge >= 0.3 is 0 Å². The lowest BCUT2D eigenvalue weighted by molar-refractivity contribution is -0.117. The maximum atomic E-state index is 12.9. The van der Waals surface area contributed by atoms with Crippen LogP contribution in [0.5, 0.6) is 0 Å². The predicted molar refractivity (Wildman–Crippen MR) is 167 cm³/mol. The van der Waals surface area contributed by atoms with Gasteiger partial charge in [-0.1, -0.05) is 12.0 Å². The molecule has 0 radical (unpaired) electrons. The Bertz CT molecular complexity index is 677. The Hall–Kier alpha value is -1.51. The highest BCUT2D eigenvalue weighted by Crippen LogP contribution is 2.11. The van der Waals surface area contributed by atoms with Crippen molar-refractivity contribution in [1.82, 2.24) is 0 Å². The Morgan fingerprint density at radius 1 is 0.500 bits per heavy atom. The van der Waals surface area contributed by atoms with Crippen molar-refractivity contribution in [2.45, 2.75) is 25.7 Å². The SMILES string of the molecule is C#CCOCCOCCOCCOCCC(=O)/C(=C\CCOCCOCCOCCN)CCCOCCOCCOCCN. The Labute approximate surface area is 264 Å². The number of nitrogens with two attached hydrogens (primary N) is 2. The van der Waals surface area contributed by atoms with E-state index in [0.29, 0.717) is 158 Å². The van der Waals surface area contributed by atoms with Crippen LogP contribution in [0, 0.1) is 12.3 Å². The molecular weight excluding hydrogens is 576 g/mol. The van der Waals surface area contributed by atoms with E-state index in [1.807, 2.05) is 6.08 Å². The van der Waals surface area contributed by atoms with E-state index in [4.69, 9.17) is 65.3 Å². The van der Waals surface area contributed by atoms with Gasteiger partial charge in [-0.3, -0.25) is 4.79 Å². The van der Waals surface area contributed by atoms with E-state index in [9.17, 15) is 4.79 Å². The van der Waals surface area contributed by atoms with Gasteiger partial charge in [0.1, 0.15) is 6.61 Å². The summed E-state index contributed by atoms with van der Waals surface area (Å²) in [6.07, 6.45) is 9.34. The van der Waals surface area contributed by atoms with Crippen molar-refractivity contribution in [2.75, 3.05) is 145 Å². The first-order valence-electron chi connectivity index (χ1n) is 15.6. The average molecular weight is 635 g/mol. The minimum Gasteiger partial charge on any atom is -0.379 e. The maximum absolute atomic E-state index is 12.9. The third-order valence-corrected chi connectivity index (χ3v) is 5.53. The summed E-state index contributed by atoms with van der Waals surface area (Å²) in [5.41, 5.74) is 11.5. The minimum atomic E-state index is 0.0630. The van der Waals surface area contributed by atoms with Crippen LogP contribution in [0.15, 0.2) is 11.6 Å². The Morgan fingerprint density at radius 2 is 0.886 bits per heavy atom. The first kappa shape index (κ1) is 42.5. The van der Waals surface area contributed by atoms with Crippen LogP contribution in [0.1, 0.15) is 25.7 Å². The topological polar surface area (TPSA) is 161 Å². The van der Waals surface area contributed by atoms with Gasteiger partial charge in [0.25, 0.3) is 0 Å². The molecule has 0 saturated heterocycles. The number of ketones is 1. The molecule has 4 N–H and O–H groups in total. The molecule has 0 aliphatic rings. The Kier molecular flexibility index (Phi) is 36.4. The van der Waals surface area contributed by atoms with Crippen molar-refractivity contribution >= 4 is 5.78 Å². The number of Topliss-reactive ketones (excluding diaryl/α,β-unsaturated/α-hetero) is 1. The molecule has 0 heterocycles. The van der Waals surface area contributed by atoms with Crippen LogP contribution in [0.2, 0.25) is 0 Å². The highest BCUT2D eigenvalue weighted by Gasteiger charge is 2.10. The summed E-state index contributed by atoms with van der Waals surface area (Å²) >= 11 is 0. The quantitative estimate of drug-likeness (QED) is 0.0560. The fourth-order valence-corrected chi connectivity index (χ4v) is 3.40. The van der Waals surface area contributed by atoms with Crippen LogP contribution in [0.4, 0.5) is 0 Å². The molecule has 0 aromatic carbocycles. The molecule has 0 saturated carbocycles. The second-order valence-corrected chi connectivity index (χ2v) is 9.14. The number of hydrogen-bond donors (Lipinski definition) is 2. The number of terminal acetylenes is 1. The molecule has 13 heteroatoms. The van der Waals surface area contributed by atoms with E-state index < -0.39 is 0 Å². The molecule has 0 atom stereocenters. The van der Waals surface area contributed by atoms with Crippen molar-refractivity contribution in [2.24, 2.45) is 11.5 Å². The monoisotopic (exact) mass is 634 g/mol. The smallest absolute Gasteiger partial charge is 0.160 e. The fourth-order valence-electron chi connectivity index (χ4n) is 3.40. The van der Waals surface area contributed by atoms with Crippen molar-refractivity contribution in [3.8, 4) is 12.3 Å². The molecule has 0 aromatic rings. The number of rotatable bonds is 37. The van der Waals surface area contributed by atoms with Crippen LogP contribution < -0.4 is 11.5 Å². The first-order valence-corrected chi connectivity index (χ1v) is 15.6. The average Bonchev–Trinajstić information content (AvgIpc) is 3.03. The largest absolute Gasteiger partial charge is 0.379 e. The lowest BCUT2D eigenvalue weighted by Gasteiger charge is -2.10. The predicted octanol–water partition coefficient (Wildman–Crippen LogP) is 0.759.